The van der Waals surface area contributed by atoms with Gasteiger partial charge in [0.15, 0.2) is 0 Å². The van der Waals surface area contributed by atoms with Crippen LogP contribution in [-0.2, 0) is 4.79 Å². The summed E-state index contributed by atoms with van der Waals surface area (Å²) >= 11 is 4.80. The van der Waals surface area contributed by atoms with Crippen LogP contribution in [0.1, 0.15) is 26.2 Å². The molecule has 0 saturated heterocycles. The normalized spacial score (nSPS) is 20.0. The molecule has 1 unspecified atom stereocenters. The van der Waals surface area contributed by atoms with Crippen molar-refractivity contribution >= 4 is 23.1 Å². The van der Waals surface area contributed by atoms with Gasteiger partial charge in [-0.25, -0.2) is 0 Å². The largest absolute Gasteiger partial charge is 0.393 e. The van der Waals surface area contributed by atoms with Crippen molar-refractivity contribution < 1.29 is 4.79 Å². The van der Waals surface area contributed by atoms with E-state index in [-0.39, 0.29) is 22.4 Å². The second-order valence-electron chi connectivity index (χ2n) is 4.81. The van der Waals surface area contributed by atoms with Crippen LogP contribution in [-0.4, -0.2) is 42.0 Å². The number of carbonyl (C=O) groups excluding carboxylic acids is 1. The van der Waals surface area contributed by atoms with Crippen molar-refractivity contribution in [2.24, 2.45) is 11.7 Å². The maximum atomic E-state index is 11.7. The molecule has 0 heterocycles. The molecule has 0 spiro atoms. The zero-order valence-corrected chi connectivity index (χ0v) is 11.1. The van der Waals surface area contributed by atoms with Crippen LogP contribution < -0.4 is 11.1 Å². The number of hydrogen-bond acceptors (Lipinski definition) is 3. The number of nitrogens with zero attached hydrogens (tertiary/aromatic N) is 1. The minimum atomic E-state index is -0.380. The lowest BCUT2D eigenvalue weighted by atomic mass is 9.75. The Labute approximate surface area is 103 Å². The van der Waals surface area contributed by atoms with Gasteiger partial charge in [-0.2, -0.15) is 0 Å². The van der Waals surface area contributed by atoms with Crippen LogP contribution in [0.2, 0.25) is 0 Å². The Hall–Kier alpha value is -0.680. The Morgan fingerprint density at radius 1 is 1.56 bits per heavy atom. The Balaban J connectivity index is 2.45. The molecule has 0 radical (unpaired) electrons. The van der Waals surface area contributed by atoms with E-state index in [4.69, 9.17) is 18.0 Å². The highest BCUT2D eigenvalue weighted by molar-refractivity contribution is 7.80. The Morgan fingerprint density at radius 2 is 2.12 bits per heavy atom. The molecule has 1 rings (SSSR count). The quantitative estimate of drug-likeness (QED) is 0.691. The van der Waals surface area contributed by atoms with Gasteiger partial charge in [0.2, 0.25) is 5.91 Å². The number of nitrogens with two attached hydrogens (primary N) is 1. The predicted molar refractivity (Wildman–Crippen MR) is 69.2 cm³/mol. The van der Waals surface area contributed by atoms with E-state index in [1.54, 1.807) is 6.92 Å². The molecule has 1 fully saturated rings. The third-order valence-electron chi connectivity index (χ3n) is 3.64. The lowest BCUT2D eigenvalue weighted by Crippen LogP contribution is -2.58. The Bertz CT molecular complexity index is 287. The fourth-order valence-corrected chi connectivity index (χ4v) is 2.01. The van der Waals surface area contributed by atoms with Gasteiger partial charge in [-0.1, -0.05) is 12.2 Å². The van der Waals surface area contributed by atoms with E-state index in [2.05, 4.69) is 24.3 Å². The number of carbonyl (C=O) groups is 1. The molecule has 0 aromatic rings. The van der Waals surface area contributed by atoms with Gasteiger partial charge in [-0.05, 0) is 40.3 Å². The molecule has 0 bridgehead atoms. The first kappa shape index (κ1) is 13.4. The van der Waals surface area contributed by atoms with Gasteiger partial charge in [-0.3, -0.25) is 4.79 Å². The Kier molecular flexibility index (Phi) is 4.27. The summed E-state index contributed by atoms with van der Waals surface area (Å²) in [7, 11) is 4.12. The number of thiocarbonyl (C=S) groups is 1. The van der Waals surface area contributed by atoms with Crippen molar-refractivity contribution in [3.8, 4) is 0 Å². The minimum Gasteiger partial charge on any atom is -0.393 e. The van der Waals surface area contributed by atoms with Crippen molar-refractivity contribution in [3.05, 3.63) is 0 Å². The summed E-state index contributed by atoms with van der Waals surface area (Å²) in [5, 5.41) is 2.94. The van der Waals surface area contributed by atoms with Crippen LogP contribution in [0.15, 0.2) is 0 Å². The molecule has 16 heavy (non-hydrogen) atoms. The standard InChI is InChI=1S/C11H21N3OS/c1-8(9(12)16)10(15)13-7-11(14(2)3)5-4-6-11/h8H,4-7H2,1-3H3,(H2,12,16)(H,13,15). The van der Waals surface area contributed by atoms with Crippen LogP contribution in [0.25, 0.3) is 0 Å². The molecule has 3 N–H and O–H groups in total. The SMILES string of the molecule is CC(C(=O)NCC1(N(C)C)CCC1)C(N)=S. The molecular weight excluding hydrogens is 222 g/mol. The van der Waals surface area contributed by atoms with Gasteiger partial charge >= 0.3 is 0 Å². The molecule has 1 amide bonds. The maximum Gasteiger partial charge on any atom is 0.229 e. The third-order valence-corrected chi connectivity index (χ3v) is 4.00. The van der Waals surface area contributed by atoms with Crippen LogP contribution in [0.4, 0.5) is 0 Å². The van der Waals surface area contributed by atoms with E-state index in [0.717, 1.165) is 12.8 Å². The smallest absolute Gasteiger partial charge is 0.229 e. The monoisotopic (exact) mass is 243 g/mol. The molecule has 0 aromatic heterocycles. The second kappa shape index (κ2) is 5.10. The number of likely N-dealkylation sites (N-methyl/N-ethyl adjacent to an activating group) is 1. The molecule has 4 nitrogen and oxygen atoms in total. The van der Waals surface area contributed by atoms with E-state index in [9.17, 15) is 4.79 Å². The van der Waals surface area contributed by atoms with Crippen LogP contribution in [0, 0.1) is 5.92 Å². The topological polar surface area (TPSA) is 58.4 Å². The van der Waals surface area contributed by atoms with E-state index in [1.807, 2.05) is 0 Å². The van der Waals surface area contributed by atoms with E-state index < -0.39 is 0 Å². The van der Waals surface area contributed by atoms with Crippen molar-refractivity contribution in [2.75, 3.05) is 20.6 Å². The first-order chi connectivity index (χ1) is 7.39. The highest BCUT2D eigenvalue weighted by Crippen LogP contribution is 2.35. The molecule has 0 aliphatic heterocycles. The maximum absolute atomic E-state index is 11.7. The molecule has 1 atom stereocenters. The molecular formula is C11H21N3OS. The van der Waals surface area contributed by atoms with Crippen molar-refractivity contribution in [1.29, 1.82) is 0 Å². The first-order valence-electron chi connectivity index (χ1n) is 5.63. The van der Waals surface area contributed by atoms with Gasteiger partial charge in [0.1, 0.15) is 0 Å². The zero-order valence-electron chi connectivity index (χ0n) is 10.2. The first-order valence-corrected chi connectivity index (χ1v) is 6.04. The fourth-order valence-electron chi connectivity index (χ4n) is 1.90. The van der Waals surface area contributed by atoms with Crippen molar-refractivity contribution in [2.45, 2.75) is 31.7 Å². The molecule has 1 aliphatic rings. The summed E-state index contributed by atoms with van der Waals surface area (Å²) in [6, 6.07) is 0. The van der Waals surface area contributed by atoms with Crippen molar-refractivity contribution in [1.82, 2.24) is 10.2 Å². The van der Waals surface area contributed by atoms with Crippen molar-refractivity contribution in [3.63, 3.8) is 0 Å². The number of rotatable bonds is 5. The number of hydrogen-bond donors (Lipinski definition) is 2. The lowest BCUT2D eigenvalue weighted by Gasteiger charge is -2.47. The Morgan fingerprint density at radius 3 is 2.44 bits per heavy atom. The van der Waals surface area contributed by atoms with Crippen LogP contribution >= 0.6 is 12.2 Å². The fraction of sp³-hybridized carbons (Fsp3) is 0.818. The summed E-state index contributed by atoms with van der Waals surface area (Å²) in [6.07, 6.45) is 3.52. The lowest BCUT2D eigenvalue weighted by molar-refractivity contribution is -0.123. The van der Waals surface area contributed by atoms with E-state index in [0.29, 0.717) is 6.54 Å². The third kappa shape index (κ3) is 2.71. The molecule has 5 heteroatoms. The highest BCUT2D eigenvalue weighted by atomic mass is 32.1. The van der Waals surface area contributed by atoms with Gasteiger partial charge in [0.05, 0.1) is 10.9 Å². The predicted octanol–water partition coefficient (Wildman–Crippen LogP) is 0.509. The average Bonchev–Trinajstić information content (AvgIpc) is 2.13. The summed E-state index contributed by atoms with van der Waals surface area (Å²) < 4.78 is 0. The molecule has 0 aromatic carbocycles. The van der Waals surface area contributed by atoms with Gasteiger partial charge in [0, 0.05) is 12.1 Å². The summed E-state index contributed by atoms with van der Waals surface area (Å²) in [5.74, 6) is -0.449. The number of amides is 1. The van der Waals surface area contributed by atoms with Gasteiger partial charge in [0.25, 0.3) is 0 Å². The van der Waals surface area contributed by atoms with Crippen LogP contribution in [0.3, 0.4) is 0 Å². The summed E-state index contributed by atoms with van der Waals surface area (Å²) in [5.41, 5.74) is 5.59. The summed E-state index contributed by atoms with van der Waals surface area (Å²) in [4.78, 5) is 14.1. The summed E-state index contributed by atoms with van der Waals surface area (Å²) in [6.45, 7) is 2.42. The van der Waals surface area contributed by atoms with E-state index >= 15 is 0 Å². The second-order valence-corrected chi connectivity index (χ2v) is 5.29. The highest BCUT2D eigenvalue weighted by Gasteiger charge is 2.39. The molecule has 1 saturated carbocycles. The minimum absolute atomic E-state index is 0.0689. The van der Waals surface area contributed by atoms with Gasteiger partial charge in [-0.15, -0.1) is 0 Å². The molecule has 1 aliphatic carbocycles. The van der Waals surface area contributed by atoms with E-state index in [1.165, 1.54) is 6.42 Å². The zero-order chi connectivity index (χ0) is 12.3. The van der Waals surface area contributed by atoms with Gasteiger partial charge < -0.3 is 16.0 Å². The van der Waals surface area contributed by atoms with Crippen LogP contribution in [0.5, 0.6) is 0 Å². The number of nitrogens with one attached hydrogen (secondary N) is 1. The molecule has 92 valence electrons. The average molecular weight is 243 g/mol.